The van der Waals surface area contributed by atoms with Crippen molar-refractivity contribution in [2.24, 2.45) is 0 Å². The van der Waals surface area contributed by atoms with Crippen molar-refractivity contribution < 1.29 is 59.4 Å². The van der Waals surface area contributed by atoms with Crippen LogP contribution in [0.15, 0.2) is 120 Å². The van der Waals surface area contributed by atoms with Crippen molar-refractivity contribution in [3.05, 3.63) is 130 Å². The summed E-state index contributed by atoms with van der Waals surface area (Å²) in [5, 5.41) is 46.9. The highest BCUT2D eigenvalue weighted by atomic mass is 16.4. The first kappa shape index (κ1) is 40.5. The van der Waals surface area contributed by atoms with Gasteiger partial charge in [-0.3, -0.25) is 29.5 Å². The van der Waals surface area contributed by atoms with Crippen LogP contribution in [-0.2, 0) is 28.8 Å². The zero-order chi connectivity index (χ0) is 36.5. The monoisotopic (exact) mass is 664 g/mol. The van der Waals surface area contributed by atoms with Gasteiger partial charge in [0.2, 0.25) is 0 Å². The molecule has 0 aromatic heterocycles. The van der Waals surface area contributed by atoms with Gasteiger partial charge in [0.05, 0.1) is 22.5 Å². The van der Waals surface area contributed by atoms with E-state index in [0.29, 0.717) is 59.0 Å². The van der Waals surface area contributed by atoms with E-state index in [2.05, 4.69) is 19.9 Å². The average Bonchev–Trinajstić information content (AvgIpc) is 3.42. The zero-order valence-corrected chi connectivity index (χ0v) is 24.1. The molecule has 0 radical (unpaired) electrons. The fraction of sp³-hybridized carbons (Fsp3) is 0. The van der Waals surface area contributed by atoms with Crippen molar-refractivity contribution >= 4 is 35.8 Å². The predicted molar refractivity (Wildman–Crippen MR) is 163 cm³/mol. The van der Waals surface area contributed by atoms with Gasteiger partial charge in [0, 0.05) is 73.6 Å². The van der Waals surface area contributed by atoms with E-state index in [1.807, 2.05) is 0 Å². The highest BCUT2D eigenvalue weighted by Crippen LogP contribution is 2.10. The Morgan fingerprint density at radius 1 is 0.438 bits per heavy atom. The van der Waals surface area contributed by atoms with E-state index in [-0.39, 0.29) is 10.9 Å². The van der Waals surface area contributed by atoms with Gasteiger partial charge in [0.1, 0.15) is 0 Å². The summed E-state index contributed by atoms with van der Waals surface area (Å²) in [6.45, 7) is 0. The molecule has 0 atom stereocenters. The Balaban J connectivity index is 0.000000586. The van der Waals surface area contributed by atoms with Crippen LogP contribution in [0.2, 0.25) is 0 Å². The van der Waals surface area contributed by atoms with Gasteiger partial charge >= 0.3 is 35.8 Å². The lowest BCUT2D eigenvalue weighted by Crippen LogP contribution is -2.02. The van der Waals surface area contributed by atoms with Gasteiger partial charge in [0.25, 0.3) is 0 Å². The van der Waals surface area contributed by atoms with Crippen LogP contribution in [0.4, 0.5) is 0 Å². The number of carboxylic acids is 6. The molecule has 0 saturated carbocycles. The van der Waals surface area contributed by atoms with Gasteiger partial charge in [0.15, 0.2) is 10.9 Å². The molecule has 0 unspecified atom stereocenters. The highest BCUT2D eigenvalue weighted by molar-refractivity contribution is 5.90. The second kappa shape index (κ2) is 23.0. The van der Waals surface area contributed by atoms with E-state index in [1.54, 1.807) is 49.1 Å². The number of aromatic nitrogens is 4. The molecule has 48 heavy (non-hydrogen) atoms. The summed E-state index contributed by atoms with van der Waals surface area (Å²) >= 11 is 0. The second-order valence-corrected chi connectivity index (χ2v) is 7.82. The molecule has 0 spiro atoms. The largest absolute Gasteiger partial charge is 0.478 e. The third-order valence-corrected chi connectivity index (χ3v) is 4.33. The molecule has 18 nitrogen and oxygen atoms in total. The number of benzene rings is 2. The van der Waals surface area contributed by atoms with Crippen LogP contribution < -0.4 is 10.9 Å². The maximum absolute atomic E-state index is 11.2. The number of fused-ring (bicyclic) bond motifs is 2. The number of carbonyl (C=O) groups is 6. The molecule has 0 aromatic rings. The van der Waals surface area contributed by atoms with Crippen LogP contribution in [0.1, 0.15) is 0 Å². The standard InChI is InChI=1S/2C9H6N2O.3C4H4O4/c2*12-9-3-1-2-8-7(9)6-10-4-5-11-8;3*5-3(6)1-2-4(7)8/h2*1-6H;3*1-2H,(H,5,6)(H,7,8)/b;;3*2-1-. The molecule has 0 aromatic carbocycles. The van der Waals surface area contributed by atoms with Crippen LogP contribution in [0.25, 0.3) is 22.5 Å². The van der Waals surface area contributed by atoms with Crippen molar-refractivity contribution in [2.45, 2.75) is 0 Å². The summed E-state index contributed by atoms with van der Waals surface area (Å²) in [4.78, 5) is 95.6. The molecule has 0 fully saturated rings. The Morgan fingerprint density at radius 2 is 0.708 bits per heavy atom. The van der Waals surface area contributed by atoms with Gasteiger partial charge in [-0.2, -0.15) is 0 Å². The van der Waals surface area contributed by atoms with E-state index in [9.17, 15) is 38.4 Å². The molecule has 6 N–H and O–H groups in total. The van der Waals surface area contributed by atoms with Gasteiger partial charge in [-0.15, -0.1) is 0 Å². The SMILES string of the molecule is O=C(O)/C=C\C(=O)O.O=C(O)/C=C\C(=O)O.O=C(O)/C=C\C(=O)O.O=c1cccc2nccncc1-2.O=c1cccc2nccncc1-2. The molecule has 248 valence electrons. The Kier molecular flexibility index (Phi) is 19.4. The molecule has 0 amide bonds. The molecular formula is C30H24N4O14. The zero-order valence-electron chi connectivity index (χ0n) is 24.1. The first-order valence-electron chi connectivity index (χ1n) is 12.4. The minimum absolute atomic E-state index is 0.0382. The maximum atomic E-state index is 11.2. The Morgan fingerprint density at radius 3 is 0.958 bits per heavy atom. The van der Waals surface area contributed by atoms with Crippen LogP contribution in [0, 0.1) is 0 Å². The summed E-state index contributed by atoms with van der Waals surface area (Å²) in [6.07, 6.45) is 12.7. The Hall–Kier alpha value is -7.50. The lowest BCUT2D eigenvalue weighted by molar-refractivity contribution is -0.134. The van der Waals surface area contributed by atoms with Crippen molar-refractivity contribution in [2.75, 3.05) is 0 Å². The third kappa shape index (κ3) is 20.4. The second-order valence-electron chi connectivity index (χ2n) is 7.82. The van der Waals surface area contributed by atoms with Crippen LogP contribution in [-0.4, -0.2) is 86.4 Å². The molecule has 2 aliphatic carbocycles. The fourth-order valence-electron chi connectivity index (χ4n) is 2.52. The highest BCUT2D eigenvalue weighted by Gasteiger charge is 2.03. The van der Waals surface area contributed by atoms with Gasteiger partial charge in [-0.05, 0) is 24.3 Å². The molecule has 0 saturated heterocycles. The molecule has 4 aliphatic rings. The topological polar surface area (TPSA) is 309 Å². The Labute approximate surface area is 268 Å². The van der Waals surface area contributed by atoms with Crippen LogP contribution in [0.5, 0.6) is 0 Å². The van der Waals surface area contributed by atoms with Gasteiger partial charge in [-0.1, -0.05) is 12.1 Å². The van der Waals surface area contributed by atoms with Crippen molar-refractivity contribution in [1.29, 1.82) is 0 Å². The summed E-state index contributed by atoms with van der Waals surface area (Å²) in [5.41, 5.74) is 2.40. The number of nitrogens with zero attached hydrogens (tertiary/aromatic N) is 4. The first-order valence-corrected chi connectivity index (χ1v) is 12.4. The first-order chi connectivity index (χ1) is 22.6. The molecule has 4 rings (SSSR count). The summed E-state index contributed by atoms with van der Waals surface area (Å²) < 4.78 is 0. The van der Waals surface area contributed by atoms with Crippen molar-refractivity contribution in [3.63, 3.8) is 0 Å². The van der Waals surface area contributed by atoms with E-state index in [0.717, 1.165) is 0 Å². The molecule has 2 aliphatic heterocycles. The van der Waals surface area contributed by atoms with E-state index in [1.165, 1.54) is 24.5 Å². The maximum Gasteiger partial charge on any atom is 0.328 e. The molecular weight excluding hydrogens is 640 g/mol. The third-order valence-electron chi connectivity index (χ3n) is 4.33. The quantitative estimate of drug-likeness (QED) is 0.157. The average molecular weight is 665 g/mol. The van der Waals surface area contributed by atoms with Crippen molar-refractivity contribution in [1.82, 2.24) is 19.9 Å². The molecule has 0 bridgehead atoms. The minimum atomic E-state index is -1.26. The smallest absolute Gasteiger partial charge is 0.328 e. The van der Waals surface area contributed by atoms with E-state index in [4.69, 9.17) is 30.6 Å². The molecule has 2 heterocycles. The number of carboxylic acid groups (broad SMARTS) is 6. The minimum Gasteiger partial charge on any atom is -0.478 e. The fourth-order valence-corrected chi connectivity index (χ4v) is 2.52. The van der Waals surface area contributed by atoms with Crippen LogP contribution >= 0.6 is 0 Å². The number of rotatable bonds is 6. The number of hydrogen-bond donors (Lipinski definition) is 6. The predicted octanol–water partition coefficient (Wildman–Crippen LogP) is 1.02. The van der Waals surface area contributed by atoms with E-state index >= 15 is 0 Å². The summed E-state index contributed by atoms with van der Waals surface area (Å²) in [5.74, 6) is -7.54. The summed E-state index contributed by atoms with van der Waals surface area (Å²) in [6, 6.07) is 9.98. The number of aliphatic carboxylic acids is 6. The number of hydrogen-bond acceptors (Lipinski definition) is 12. The van der Waals surface area contributed by atoms with Crippen molar-refractivity contribution in [3.8, 4) is 22.5 Å². The summed E-state index contributed by atoms with van der Waals surface area (Å²) in [7, 11) is 0. The normalized spacial score (nSPS) is 9.75. The van der Waals surface area contributed by atoms with E-state index < -0.39 is 35.8 Å². The van der Waals surface area contributed by atoms with Gasteiger partial charge < -0.3 is 30.6 Å². The molecule has 18 heteroatoms. The van der Waals surface area contributed by atoms with Gasteiger partial charge in [-0.25, -0.2) is 28.8 Å². The lowest BCUT2D eigenvalue weighted by atomic mass is 10.1. The lowest BCUT2D eigenvalue weighted by Gasteiger charge is -1.93. The van der Waals surface area contributed by atoms with Crippen LogP contribution in [0.3, 0.4) is 0 Å². The Bertz CT molecular complexity index is 1650.